The first-order chi connectivity index (χ1) is 10.6. The van der Waals surface area contributed by atoms with Gasteiger partial charge in [0.1, 0.15) is 5.82 Å². The Morgan fingerprint density at radius 2 is 2.09 bits per heavy atom. The van der Waals surface area contributed by atoms with Crippen LogP contribution in [-0.4, -0.2) is 24.6 Å². The lowest BCUT2D eigenvalue weighted by atomic mass is 10.1. The molecule has 22 heavy (non-hydrogen) atoms. The van der Waals surface area contributed by atoms with E-state index in [0.717, 1.165) is 5.56 Å². The molecule has 4 rings (SSSR count). The van der Waals surface area contributed by atoms with Crippen LogP contribution in [0.2, 0.25) is 5.02 Å². The van der Waals surface area contributed by atoms with Gasteiger partial charge in [0.2, 0.25) is 0 Å². The molecule has 0 unspecified atom stereocenters. The normalized spacial score (nSPS) is 11.4. The third-order valence-electron chi connectivity index (χ3n) is 3.40. The maximum atomic E-state index is 12.3. The average Bonchev–Trinajstić information content (AvgIpc) is 2.85. The van der Waals surface area contributed by atoms with Crippen LogP contribution in [0.15, 0.2) is 41.3 Å². The number of aryl methyl sites for hydroxylation is 1. The van der Waals surface area contributed by atoms with Gasteiger partial charge in [-0.1, -0.05) is 23.7 Å². The zero-order valence-corrected chi connectivity index (χ0v) is 12.3. The molecule has 4 aromatic rings. The summed E-state index contributed by atoms with van der Waals surface area (Å²) in [5, 5.41) is 5.40. The summed E-state index contributed by atoms with van der Waals surface area (Å²) >= 11 is 6.10. The molecule has 3 heterocycles. The van der Waals surface area contributed by atoms with Gasteiger partial charge in [-0.05, 0) is 25.1 Å². The SMILES string of the molecule is Cc1nc2nc3cc[nH]c(=O)c3c(-c3cccc(Cl)c3)n2n1. The molecule has 0 aliphatic carbocycles. The number of nitrogens with zero attached hydrogens (tertiary/aromatic N) is 4. The molecule has 0 aliphatic rings. The summed E-state index contributed by atoms with van der Waals surface area (Å²) in [6, 6.07) is 9.02. The van der Waals surface area contributed by atoms with Crippen LogP contribution in [0, 0.1) is 6.92 Å². The number of H-pyrrole nitrogens is 1. The van der Waals surface area contributed by atoms with Crippen LogP contribution in [0.5, 0.6) is 0 Å². The molecule has 6 nitrogen and oxygen atoms in total. The van der Waals surface area contributed by atoms with Crippen LogP contribution in [0.4, 0.5) is 0 Å². The van der Waals surface area contributed by atoms with Crippen molar-refractivity contribution in [3.05, 3.63) is 57.7 Å². The number of hydrogen-bond acceptors (Lipinski definition) is 4. The molecule has 0 saturated heterocycles. The van der Waals surface area contributed by atoms with E-state index in [9.17, 15) is 4.79 Å². The Morgan fingerprint density at radius 1 is 1.23 bits per heavy atom. The highest BCUT2D eigenvalue weighted by molar-refractivity contribution is 6.30. The topological polar surface area (TPSA) is 75.9 Å². The minimum absolute atomic E-state index is 0.227. The van der Waals surface area contributed by atoms with E-state index in [2.05, 4.69) is 20.1 Å². The zero-order valence-electron chi connectivity index (χ0n) is 11.5. The Labute approximate surface area is 129 Å². The Balaban J connectivity index is 2.27. The van der Waals surface area contributed by atoms with Crippen LogP contribution in [0.3, 0.4) is 0 Å². The van der Waals surface area contributed by atoms with Crippen molar-refractivity contribution in [2.75, 3.05) is 0 Å². The predicted octanol–water partition coefficient (Wildman–Crippen LogP) is 2.59. The van der Waals surface area contributed by atoms with Crippen molar-refractivity contribution in [2.24, 2.45) is 0 Å². The standard InChI is InChI=1S/C15H10ClN5O/c1-8-18-15-19-11-5-6-17-14(22)12(11)13(21(15)20-8)9-3-2-4-10(16)7-9/h2-7H,1H3,(H,17,22). The predicted molar refractivity (Wildman–Crippen MR) is 84.1 cm³/mol. The van der Waals surface area contributed by atoms with E-state index < -0.39 is 0 Å². The number of halogens is 1. The molecule has 108 valence electrons. The molecule has 0 bridgehead atoms. The zero-order chi connectivity index (χ0) is 15.3. The molecule has 0 aliphatic heterocycles. The van der Waals surface area contributed by atoms with Gasteiger partial charge in [0.05, 0.1) is 16.6 Å². The fourth-order valence-corrected chi connectivity index (χ4v) is 2.72. The number of benzene rings is 1. The summed E-state index contributed by atoms with van der Waals surface area (Å²) in [4.78, 5) is 23.7. The molecule has 0 radical (unpaired) electrons. The highest BCUT2D eigenvalue weighted by Gasteiger charge is 2.16. The Kier molecular flexibility index (Phi) is 2.74. The second-order valence-electron chi connectivity index (χ2n) is 4.91. The van der Waals surface area contributed by atoms with Crippen LogP contribution in [-0.2, 0) is 0 Å². The van der Waals surface area contributed by atoms with Crippen molar-refractivity contribution in [1.82, 2.24) is 24.6 Å². The van der Waals surface area contributed by atoms with Gasteiger partial charge in [0.15, 0.2) is 0 Å². The number of aromatic amines is 1. The molecule has 1 aromatic carbocycles. The summed E-state index contributed by atoms with van der Waals surface area (Å²) in [6.45, 7) is 1.78. The van der Waals surface area contributed by atoms with Crippen molar-refractivity contribution in [3.63, 3.8) is 0 Å². The van der Waals surface area contributed by atoms with E-state index >= 15 is 0 Å². The lowest BCUT2D eigenvalue weighted by molar-refractivity contribution is 0.932. The Hall–Kier alpha value is -2.73. The van der Waals surface area contributed by atoms with Crippen molar-refractivity contribution >= 4 is 28.3 Å². The van der Waals surface area contributed by atoms with Crippen molar-refractivity contribution in [2.45, 2.75) is 6.92 Å². The van der Waals surface area contributed by atoms with Crippen molar-refractivity contribution in [3.8, 4) is 11.3 Å². The number of nitrogens with one attached hydrogen (secondary N) is 1. The second kappa shape index (κ2) is 4.64. The van der Waals surface area contributed by atoms with Crippen LogP contribution < -0.4 is 5.56 Å². The van der Waals surface area contributed by atoms with Crippen molar-refractivity contribution < 1.29 is 0 Å². The Bertz CT molecular complexity index is 1080. The molecular formula is C15H10ClN5O. The Morgan fingerprint density at radius 3 is 2.91 bits per heavy atom. The average molecular weight is 312 g/mol. The van der Waals surface area contributed by atoms with E-state index in [4.69, 9.17) is 11.6 Å². The molecule has 3 aromatic heterocycles. The van der Waals surface area contributed by atoms with Gasteiger partial charge >= 0.3 is 0 Å². The minimum Gasteiger partial charge on any atom is -0.328 e. The maximum Gasteiger partial charge on any atom is 0.259 e. The largest absolute Gasteiger partial charge is 0.328 e. The molecule has 0 spiro atoms. The van der Waals surface area contributed by atoms with Gasteiger partial charge in [0.25, 0.3) is 11.3 Å². The van der Waals surface area contributed by atoms with Crippen molar-refractivity contribution in [1.29, 1.82) is 0 Å². The van der Waals surface area contributed by atoms with Gasteiger partial charge < -0.3 is 4.98 Å². The monoisotopic (exact) mass is 311 g/mol. The lowest BCUT2D eigenvalue weighted by Crippen LogP contribution is -2.10. The van der Waals surface area contributed by atoms with Crippen LogP contribution >= 0.6 is 11.6 Å². The third-order valence-corrected chi connectivity index (χ3v) is 3.64. The van der Waals surface area contributed by atoms with Crippen LogP contribution in [0.1, 0.15) is 5.82 Å². The molecular weight excluding hydrogens is 302 g/mol. The summed E-state index contributed by atoms with van der Waals surface area (Å²) in [5.74, 6) is 1.04. The van der Waals surface area contributed by atoms with E-state index in [-0.39, 0.29) is 5.56 Å². The van der Waals surface area contributed by atoms with E-state index in [1.54, 1.807) is 35.8 Å². The smallest absolute Gasteiger partial charge is 0.259 e. The van der Waals surface area contributed by atoms with Gasteiger partial charge in [-0.2, -0.15) is 9.50 Å². The molecule has 1 N–H and O–H groups in total. The van der Waals surface area contributed by atoms with E-state index in [0.29, 0.717) is 33.2 Å². The maximum absolute atomic E-state index is 12.3. The quantitative estimate of drug-likeness (QED) is 0.586. The highest BCUT2D eigenvalue weighted by atomic mass is 35.5. The number of fused-ring (bicyclic) bond motifs is 2. The summed E-state index contributed by atoms with van der Waals surface area (Å²) in [5.41, 5.74) is 1.75. The van der Waals surface area contributed by atoms with Gasteiger partial charge in [-0.15, -0.1) is 5.10 Å². The minimum atomic E-state index is -0.227. The fraction of sp³-hybridized carbons (Fsp3) is 0.0667. The molecule has 7 heteroatoms. The molecule has 0 atom stereocenters. The van der Waals surface area contributed by atoms with Gasteiger partial charge in [0, 0.05) is 16.8 Å². The van der Waals surface area contributed by atoms with E-state index in [1.807, 2.05) is 12.1 Å². The van der Waals surface area contributed by atoms with Gasteiger partial charge in [-0.3, -0.25) is 4.79 Å². The molecule has 0 amide bonds. The number of rotatable bonds is 1. The van der Waals surface area contributed by atoms with Gasteiger partial charge in [-0.25, -0.2) is 4.98 Å². The molecule has 0 fully saturated rings. The summed E-state index contributed by atoms with van der Waals surface area (Å²) in [6.07, 6.45) is 1.57. The third kappa shape index (κ3) is 1.88. The number of hydrogen-bond donors (Lipinski definition) is 1. The molecule has 0 saturated carbocycles. The van der Waals surface area contributed by atoms with Crippen LogP contribution in [0.25, 0.3) is 27.9 Å². The number of pyridine rings is 1. The summed E-state index contributed by atoms with van der Waals surface area (Å²) in [7, 11) is 0. The van der Waals surface area contributed by atoms with E-state index in [1.165, 1.54) is 0 Å². The first-order valence-electron chi connectivity index (χ1n) is 6.64. The number of aromatic nitrogens is 5. The first kappa shape index (κ1) is 13.0. The highest BCUT2D eigenvalue weighted by Crippen LogP contribution is 2.27. The summed E-state index contributed by atoms with van der Waals surface area (Å²) < 4.78 is 1.58. The first-order valence-corrected chi connectivity index (χ1v) is 7.02. The second-order valence-corrected chi connectivity index (χ2v) is 5.35. The lowest BCUT2D eigenvalue weighted by Gasteiger charge is -2.08. The fourth-order valence-electron chi connectivity index (χ4n) is 2.53.